The highest BCUT2D eigenvalue weighted by atomic mass is 32.2. The van der Waals surface area contributed by atoms with Crippen molar-refractivity contribution in [2.75, 3.05) is 5.75 Å². The Morgan fingerprint density at radius 1 is 1.05 bits per heavy atom. The molecule has 0 radical (unpaired) electrons. The van der Waals surface area contributed by atoms with Gasteiger partial charge in [-0.3, -0.25) is 4.98 Å². The number of benzene rings is 1. The van der Waals surface area contributed by atoms with Crippen LogP contribution in [0.2, 0.25) is 0 Å². The van der Waals surface area contributed by atoms with Crippen LogP contribution in [0.25, 0.3) is 11.3 Å². The van der Waals surface area contributed by atoms with E-state index in [4.69, 9.17) is 0 Å². The van der Waals surface area contributed by atoms with Gasteiger partial charge in [-0.1, -0.05) is 19.1 Å². The second kappa shape index (κ2) is 5.65. The van der Waals surface area contributed by atoms with Crippen LogP contribution < -0.4 is 0 Å². The Bertz CT molecular complexity index is 532. The van der Waals surface area contributed by atoms with Gasteiger partial charge in [0.25, 0.3) is 0 Å². The fraction of sp³-hybridized carbons (Fsp3) is 0.214. The second-order valence-electron chi connectivity index (χ2n) is 3.89. The van der Waals surface area contributed by atoms with Crippen molar-refractivity contribution >= 4 is 11.8 Å². The SMILES string of the molecule is CCSc1ccc(-c2ccc(C(F)(F)F)cc2)nc1. The molecule has 0 aliphatic heterocycles. The molecule has 0 bridgehead atoms. The fourth-order valence-electron chi connectivity index (χ4n) is 1.63. The third kappa shape index (κ3) is 3.50. The number of hydrogen-bond donors (Lipinski definition) is 0. The smallest absolute Gasteiger partial charge is 0.255 e. The zero-order valence-electron chi connectivity index (χ0n) is 10.2. The Morgan fingerprint density at radius 3 is 2.21 bits per heavy atom. The number of aromatic nitrogens is 1. The maximum Gasteiger partial charge on any atom is 0.416 e. The average molecular weight is 283 g/mol. The van der Waals surface area contributed by atoms with Crippen LogP contribution in [0.3, 0.4) is 0 Å². The number of thioether (sulfide) groups is 1. The lowest BCUT2D eigenvalue weighted by Gasteiger charge is -2.07. The first-order chi connectivity index (χ1) is 9.00. The van der Waals surface area contributed by atoms with Crippen LogP contribution in [0.4, 0.5) is 13.2 Å². The van der Waals surface area contributed by atoms with Crippen LogP contribution in [0, 0.1) is 0 Å². The molecule has 0 saturated heterocycles. The van der Waals surface area contributed by atoms with E-state index >= 15 is 0 Å². The van der Waals surface area contributed by atoms with E-state index in [1.807, 2.05) is 12.1 Å². The van der Waals surface area contributed by atoms with Gasteiger partial charge in [0.05, 0.1) is 11.3 Å². The highest BCUT2D eigenvalue weighted by molar-refractivity contribution is 7.99. The summed E-state index contributed by atoms with van der Waals surface area (Å²) >= 11 is 1.67. The molecule has 100 valence electrons. The number of nitrogens with zero attached hydrogens (tertiary/aromatic N) is 1. The molecule has 2 aromatic rings. The molecule has 0 unspecified atom stereocenters. The van der Waals surface area contributed by atoms with Crippen molar-refractivity contribution in [3.63, 3.8) is 0 Å². The first-order valence-electron chi connectivity index (χ1n) is 5.77. The van der Waals surface area contributed by atoms with E-state index in [1.54, 1.807) is 18.0 Å². The zero-order valence-corrected chi connectivity index (χ0v) is 11.1. The van der Waals surface area contributed by atoms with E-state index in [1.165, 1.54) is 12.1 Å². The van der Waals surface area contributed by atoms with Gasteiger partial charge < -0.3 is 0 Å². The largest absolute Gasteiger partial charge is 0.416 e. The third-order valence-electron chi connectivity index (χ3n) is 2.56. The predicted octanol–water partition coefficient (Wildman–Crippen LogP) is 4.88. The molecule has 0 amide bonds. The monoisotopic (exact) mass is 283 g/mol. The lowest BCUT2D eigenvalue weighted by atomic mass is 10.1. The van der Waals surface area contributed by atoms with Crippen LogP contribution in [0.15, 0.2) is 47.5 Å². The summed E-state index contributed by atoms with van der Waals surface area (Å²) in [4.78, 5) is 5.31. The van der Waals surface area contributed by atoms with Crippen molar-refractivity contribution in [2.24, 2.45) is 0 Å². The summed E-state index contributed by atoms with van der Waals surface area (Å²) in [5.41, 5.74) is 0.713. The van der Waals surface area contributed by atoms with E-state index in [0.29, 0.717) is 11.3 Å². The number of alkyl halides is 3. The summed E-state index contributed by atoms with van der Waals surface area (Å²) in [7, 11) is 0. The van der Waals surface area contributed by atoms with Gasteiger partial charge in [-0.05, 0) is 30.0 Å². The van der Waals surface area contributed by atoms with Crippen molar-refractivity contribution in [1.29, 1.82) is 0 Å². The number of hydrogen-bond acceptors (Lipinski definition) is 2. The minimum Gasteiger partial charge on any atom is -0.255 e. The normalized spacial score (nSPS) is 11.6. The lowest BCUT2D eigenvalue weighted by molar-refractivity contribution is -0.137. The fourth-order valence-corrected chi connectivity index (χ4v) is 2.26. The summed E-state index contributed by atoms with van der Waals surface area (Å²) in [6.07, 6.45) is -2.56. The molecule has 1 heterocycles. The van der Waals surface area contributed by atoms with Crippen LogP contribution in [-0.2, 0) is 6.18 Å². The van der Waals surface area contributed by atoms with E-state index in [2.05, 4.69) is 11.9 Å². The number of rotatable bonds is 3. The summed E-state index contributed by atoms with van der Waals surface area (Å²) in [6, 6.07) is 8.78. The van der Waals surface area contributed by atoms with E-state index < -0.39 is 11.7 Å². The Labute approximate surface area is 113 Å². The molecule has 0 aliphatic carbocycles. The molecule has 1 aromatic carbocycles. The minimum absolute atomic E-state index is 0.644. The predicted molar refractivity (Wildman–Crippen MR) is 71.1 cm³/mol. The Kier molecular flexibility index (Phi) is 4.14. The summed E-state index contributed by atoms with van der Waals surface area (Å²) in [6.45, 7) is 2.05. The molecule has 0 saturated carbocycles. The summed E-state index contributed by atoms with van der Waals surface area (Å²) in [5, 5.41) is 0. The molecule has 0 atom stereocenters. The highest BCUT2D eigenvalue weighted by Gasteiger charge is 2.29. The van der Waals surface area contributed by atoms with Crippen LogP contribution >= 0.6 is 11.8 Å². The van der Waals surface area contributed by atoms with Gasteiger partial charge in [-0.25, -0.2) is 0 Å². The molecule has 0 spiro atoms. The van der Waals surface area contributed by atoms with Gasteiger partial charge in [0.1, 0.15) is 0 Å². The van der Waals surface area contributed by atoms with Crippen molar-refractivity contribution < 1.29 is 13.2 Å². The molecule has 5 heteroatoms. The van der Waals surface area contributed by atoms with Gasteiger partial charge >= 0.3 is 6.18 Å². The molecule has 0 fully saturated rings. The van der Waals surface area contributed by atoms with Gasteiger partial charge in [-0.15, -0.1) is 11.8 Å². The minimum atomic E-state index is -4.30. The molecular weight excluding hydrogens is 271 g/mol. The van der Waals surface area contributed by atoms with Crippen LogP contribution in [0.5, 0.6) is 0 Å². The molecular formula is C14H12F3NS. The van der Waals surface area contributed by atoms with E-state index in [-0.39, 0.29) is 0 Å². The van der Waals surface area contributed by atoms with Crippen molar-refractivity contribution in [3.05, 3.63) is 48.2 Å². The Hall–Kier alpha value is -1.49. The molecule has 19 heavy (non-hydrogen) atoms. The van der Waals surface area contributed by atoms with Gasteiger partial charge in [0.15, 0.2) is 0 Å². The Balaban J connectivity index is 2.22. The summed E-state index contributed by atoms with van der Waals surface area (Å²) in [5.74, 6) is 0.960. The Morgan fingerprint density at radius 2 is 1.74 bits per heavy atom. The average Bonchev–Trinajstić information content (AvgIpc) is 2.39. The topological polar surface area (TPSA) is 12.9 Å². The van der Waals surface area contributed by atoms with E-state index in [0.717, 1.165) is 22.8 Å². The second-order valence-corrected chi connectivity index (χ2v) is 5.22. The van der Waals surface area contributed by atoms with Gasteiger partial charge in [0, 0.05) is 16.7 Å². The van der Waals surface area contributed by atoms with E-state index in [9.17, 15) is 13.2 Å². The molecule has 0 aliphatic rings. The molecule has 0 N–H and O–H groups in total. The third-order valence-corrected chi connectivity index (χ3v) is 3.42. The van der Waals surface area contributed by atoms with Gasteiger partial charge in [-0.2, -0.15) is 13.2 Å². The maximum absolute atomic E-state index is 12.4. The first-order valence-corrected chi connectivity index (χ1v) is 6.75. The molecule has 1 nitrogen and oxygen atoms in total. The first kappa shape index (κ1) is 13.9. The quantitative estimate of drug-likeness (QED) is 0.745. The lowest BCUT2D eigenvalue weighted by Crippen LogP contribution is -2.04. The number of pyridine rings is 1. The maximum atomic E-state index is 12.4. The zero-order chi connectivity index (χ0) is 13.9. The summed E-state index contributed by atoms with van der Waals surface area (Å²) < 4.78 is 37.3. The van der Waals surface area contributed by atoms with Crippen LogP contribution in [-0.4, -0.2) is 10.7 Å². The standard InChI is InChI=1S/C14H12F3NS/c1-2-19-12-7-8-13(18-9-12)10-3-5-11(6-4-10)14(15,16)17/h3-9H,2H2,1H3. The van der Waals surface area contributed by atoms with Crippen molar-refractivity contribution in [2.45, 2.75) is 18.0 Å². The highest BCUT2D eigenvalue weighted by Crippen LogP contribution is 2.30. The van der Waals surface area contributed by atoms with Gasteiger partial charge in [0.2, 0.25) is 0 Å². The van der Waals surface area contributed by atoms with Crippen LogP contribution in [0.1, 0.15) is 12.5 Å². The van der Waals surface area contributed by atoms with Crippen molar-refractivity contribution in [1.82, 2.24) is 4.98 Å². The number of halogens is 3. The van der Waals surface area contributed by atoms with Crippen molar-refractivity contribution in [3.8, 4) is 11.3 Å². The molecule has 2 rings (SSSR count). The molecule has 1 aromatic heterocycles.